The van der Waals surface area contributed by atoms with E-state index in [-0.39, 0.29) is 18.0 Å². The summed E-state index contributed by atoms with van der Waals surface area (Å²) in [6.07, 6.45) is 0. The SMILES string of the molecule is CC(NC(=O)N1C[C@@H](C)[C@H](C(=O)O)C1)c1ccsc1. The Morgan fingerprint density at radius 2 is 2.26 bits per heavy atom. The molecule has 0 spiro atoms. The topological polar surface area (TPSA) is 69.6 Å². The zero-order valence-corrected chi connectivity index (χ0v) is 11.8. The summed E-state index contributed by atoms with van der Waals surface area (Å²) >= 11 is 1.59. The molecule has 19 heavy (non-hydrogen) atoms. The average Bonchev–Trinajstić information content (AvgIpc) is 2.96. The number of carbonyl (C=O) groups excluding carboxylic acids is 1. The number of thiophene rings is 1. The highest BCUT2D eigenvalue weighted by Gasteiger charge is 2.37. The van der Waals surface area contributed by atoms with E-state index in [9.17, 15) is 9.59 Å². The van der Waals surface area contributed by atoms with Crippen LogP contribution in [0.2, 0.25) is 0 Å². The number of likely N-dealkylation sites (tertiary alicyclic amines) is 1. The number of carbonyl (C=O) groups is 2. The van der Waals surface area contributed by atoms with E-state index in [2.05, 4.69) is 5.32 Å². The van der Waals surface area contributed by atoms with Crippen molar-refractivity contribution in [2.24, 2.45) is 11.8 Å². The Balaban J connectivity index is 1.93. The zero-order chi connectivity index (χ0) is 14.0. The number of amides is 2. The van der Waals surface area contributed by atoms with Gasteiger partial charge in [0.15, 0.2) is 0 Å². The van der Waals surface area contributed by atoms with Crippen molar-refractivity contribution in [2.75, 3.05) is 13.1 Å². The van der Waals surface area contributed by atoms with Gasteiger partial charge in [0.2, 0.25) is 0 Å². The van der Waals surface area contributed by atoms with E-state index >= 15 is 0 Å². The highest BCUT2D eigenvalue weighted by molar-refractivity contribution is 7.07. The second kappa shape index (κ2) is 5.61. The third-order valence-corrected chi connectivity index (χ3v) is 4.30. The standard InChI is InChI=1S/C13H18N2O3S/c1-8-5-15(6-11(8)12(16)17)13(18)14-9(2)10-3-4-19-7-10/h3-4,7-9,11H,5-6H2,1-2H3,(H,14,18)(H,16,17)/t8-,9?,11-/m1/s1. The van der Waals surface area contributed by atoms with Crippen LogP contribution in [-0.2, 0) is 4.79 Å². The quantitative estimate of drug-likeness (QED) is 0.892. The van der Waals surface area contributed by atoms with Gasteiger partial charge in [-0.1, -0.05) is 6.92 Å². The van der Waals surface area contributed by atoms with E-state index in [0.717, 1.165) is 5.56 Å². The van der Waals surface area contributed by atoms with Crippen molar-refractivity contribution in [3.8, 4) is 0 Å². The van der Waals surface area contributed by atoms with Gasteiger partial charge in [-0.2, -0.15) is 11.3 Å². The molecular formula is C13H18N2O3S. The Labute approximate surface area is 116 Å². The molecule has 2 N–H and O–H groups in total. The number of hydrogen-bond donors (Lipinski definition) is 2. The molecule has 1 aromatic heterocycles. The summed E-state index contributed by atoms with van der Waals surface area (Å²) in [5.74, 6) is -1.28. The van der Waals surface area contributed by atoms with Crippen molar-refractivity contribution in [3.05, 3.63) is 22.4 Å². The molecule has 1 saturated heterocycles. The van der Waals surface area contributed by atoms with E-state index in [1.165, 1.54) is 0 Å². The number of nitrogens with one attached hydrogen (secondary N) is 1. The summed E-state index contributed by atoms with van der Waals surface area (Å²) in [6, 6.07) is 1.73. The number of aliphatic carboxylic acids is 1. The summed E-state index contributed by atoms with van der Waals surface area (Å²) < 4.78 is 0. The summed E-state index contributed by atoms with van der Waals surface area (Å²) in [4.78, 5) is 24.7. The molecule has 1 aromatic rings. The van der Waals surface area contributed by atoms with Crippen LogP contribution in [0.25, 0.3) is 0 Å². The van der Waals surface area contributed by atoms with Crippen molar-refractivity contribution in [1.82, 2.24) is 10.2 Å². The lowest BCUT2D eigenvalue weighted by Crippen LogP contribution is -2.40. The third-order valence-electron chi connectivity index (χ3n) is 3.60. The number of nitrogens with zero attached hydrogens (tertiary/aromatic N) is 1. The van der Waals surface area contributed by atoms with Gasteiger partial charge in [0.05, 0.1) is 12.0 Å². The Bertz CT molecular complexity index is 460. The molecule has 1 aliphatic rings. The minimum absolute atomic E-state index is 0.000274. The highest BCUT2D eigenvalue weighted by atomic mass is 32.1. The van der Waals surface area contributed by atoms with Crippen molar-refractivity contribution in [1.29, 1.82) is 0 Å². The molecule has 2 rings (SSSR count). The van der Waals surface area contributed by atoms with Crippen LogP contribution >= 0.6 is 11.3 Å². The number of hydrogen-bond acceptors (Lipinski definition) is 3. The first-order valence-electron chi connectivity index (χ1n) is 6.29. The van der Waals surface area contributed by atoms with E-state index in [1.807, 2.05) is 30.7 Å². The zero-order valence-electron chi connectivity index (χ0n) is 11.0. The molecule has 0 aromatic carbocycles. The fourth-order valence-electron chi connectivity index (χ4n) is 2.34. The van der Waals surface area contributed by atoms with Gasteiger partial charge in [-0.05, 0) is 35.2 Å². The molecule has 6 heteroatoms. The van der Waals surface area contributed by atoms with Crippen molar-refractivity contribution >= 4 is 23.3 Å². The van der Waals surface area contributed by atoms with Crippen LogP contribution in [-0.4, -0.2) is 35.1 Å². The molecule has 2 amide bonds. The lowest BCUT2D eigenvalue weighted by molar-refractivity contribution is -0.142. The first-order valence-corrected chi connectivity index (χ1v) is 7.23. The lowest BCUT2D eigenvalue weighted by Gasteiger charge is -2.20. The van der Waals surface area contributed by atoms with Crippen LogP contribution in [0, 0.1) is 11.8 Å². The van der Waals surface area contributed by atoms with Gasteiger partial charge in [0, 0.05) is 13.1 Å². The maximum atomic E-state index is 12.1. The van der Waals surface area contributed by atoms with Gasteiger partial charge in [-0.25, -0.2) is 4.79 Å². The van der Waals surface area contributed by atoms with Gasteiger partial charge in [0.25, 0.3) is 0 Å². The highest BCUT2D eigenvalue weighted by Crippen LogP contribution is 2.24. The fraction of sp³-hybridized carbons (Fsp3) is 0.538. The van der Waals surface area contributed by atoms with Crippen LogP contribution in [0.5, 0.6) is 0 Å². The molecule has 2 heterocycles. The summed E-state index contributed by atoms with van der Waals surface area (Å²) in [5.41, 5.74) is 1.07. The Morgan fingerprint density at radius 1 is 1.53 bits per heavy atom. The van der Waals surface area contributed by atoms with Gasteiger partial charge < -0.3 is 15.3 Å². The molecule has 3 atom stereocenters. The first kappa shape index (κ1) is 13.9. The molecular weight excluding hydrogens is 264 g/mol. The molecule has 104 valence electrons. The second-order valence-electron chi connectivity index (χ2n) is 5.05. The Hall–Kier alpha value is -1.56. The van der Waals surface area contributed by atoms with E-state index in [1.54, 1.807) is 16.2 Å². The molecule has 1 fully saturated rings. The number of rotatable bonds is 3. The maximum absolute atomic E-state index is 12.1. The predicted molar refractivity (Wildman–Crippen MR) is 73.1 cm³/mol. The van der Waals surface area contributed by atoms with E-state index in [4.69, 9.17) is 5.11 Å². The number of carboxylic acids is 1. The van der Waals surface area contributed by atoms with Crippen LogP contribution in [0.4, 0.5) is 4.79 Å². The smallest absolute Gasteiger partial charge is 0.317 e. The first-order chi connectivity index (χ1) is 8.99. The number of urea groups is 1. The molecule has 0 aliphatic carbocycles. The molecule has 0 bridgehead atoms. The molecule has 1 unspecified atom stereocenters. The molecule has 1 aliphatic heterocycles. The maximum Gasteiger partial charge on any atom is 0.317 e. The van der Waals surface area contributed by atoms with Gasteiger partial charge >= 0.3 is 12.0 Å². The van der Waals surface area contributed by atoms with Crippen molar-refractivity contribution in [2.45, 2.75) is 19.9 Å². The lowest BCUT2D eigenvalue weighted by atomic mass is 9.99. The van der Waals surface area contributed by atoms with Gasteiger partial charge in [-0.3, -0.25) is 4.79 Å². The monoisotopic (exact) mass is 282 g/mol. The van der Waals surface area contributed by atoms with Crippen molar-refractivity contribution < 1.29 is 14.7 Å². The van der Waals surface area contributed by atoms with Crippen molar-refractivity contribution in [3.63, 3.8) is 0 Å². The Kier molecular flexibility index (Phi) is 4.09. The number of carboxylic acid groups (broad SMARTS) is 1. The minimum Gasteiger partial charge on any atom is -0.481 e. The summed E-state index contributed by atoms with van der Waals surface area (Å²) in [5, 5.41) is 15.9. The van der Waals surface area contributed by atoms with Gasteiger partial charge in [-0.15, -0.1) is 0 Å². The molecule has 5 nitrogen and oxygen atoms in total. The largest absolute Gasteiger partial charge is 0.481 e. The van der Waals surface area contributed by atoms with E-state index in [0.29, 0.717) is 13.1 Å². The fourth-order valence-corrected chi connectivity index (χ4v) is 3.09. The Morgan fingerprint density at radius 3 is 2.79 bits per heavy atom. The van der Waals surface area contributed by atoms with Crippen LogP contribution in [0.1, 0.15) is 25.5 Å². The summed E-state index contributed by atoms with van der Waals surface area (Å²) in [6.45, 7) is 4.58. The minimum atomic E-state index is -0.825. The summed E-state index contributed by atoms with van der Waals surface area (Å²) in [7, 11) is 0. The van der Waals surface area contributed by atoms with Crippen LogP contribution < -0.4 is 5.32 Å². The molecule has 0 radical (unpaired) electrons. The third kappa shape index (κ3) is 3.07. The molecule has 0 saturated carbocycles. The van der Waals surface area contributed by atoms with Crippen LogP contribution in [0.15, 0.2) is 16.8 Å². The van der Waals surface area contributed by atoms with E-state index < -0.39 is 11.9 Å². The average molecular weight is 282 g/mol. The van der Waals surface area contributed by atoms with Crippen LogP contribution in [0.3, 0.4) is 0 Å². The van der Waals surface area contributed by atoms with Gasteiger partial charge in [0.1, 0.15) is 0 Å². The predicted octanol–water partition coefficient (Wildman–Crippen LogP) is 2.17. The second-order valence-corrected chi connectivity index (χ2v) is 5.83. The normalized spacial score (nSPS) is 24.2.